The summed E-state index contributed by atoms with van der Waals surface area (Å²) in [5.41, 5.74) is -0.172. The lowest BCUT2D eigenvalue weighted by molar-refractivity contribution is 0.295. The third-order valence-corrected chi connectivity index (χ3v) is 4.12. The molecule has 2 fully saturated rings. The van der Waals surface area contributed by atoms with E-state index >= 15 is 0 Å². The number of aromatic amines is 1. The Labute approximate surface area is 116 Å². The van der Waals surface area contributed by atoms with E-state index in [9.17, 15) is 4.79 Å². The average molecular weight is 271 g/mol. The van der Waals surface area contributed by atoms with E-state index in [-0.39, 0.29) is 5.56 Å². The van der Waals surface area contributed by atoms with Crippen molar-refractivity contribution in [1.29, 1.82) is 0 Å². The molecule has 1 saturated carbocycles. The fourth-order valence-corrected chi connectivity index (χ4v) is 2.64. The highest BCUT2D eigenvalue weighted by atomic mass is 16.5. The minimum Gasteiger partial charge on any atom is -0.491 e. The number of fused-ring (bicyclic) bond motifs is 1. The molecule has 2 aromatic rings. The number of nitrogens with one attached hydrogen (secondary N) is 1. The smallest absolute Gasteiger partial charge is 0.272 e. The van der Waals surface area contributed by atoms with Crippen LogP contribution in [-0.4, -0.2) is 40.8 Å². The van der Waals surface area contributed by atoms with Gasteiger partial charge in [-0.05, 0) is 30.9 Å². The molecule has 2 aliphatic rings. The predicted molar refractivity (Wildman–Crippen MR) is 75.9 cm³/mol. The zero-order chi connectivity index (χ0) is 13.5. The number of aromatic nitrogens is 2. The fourth-order valence-electron chi connectivity index (χ4n) is 2.64. The normalized spacial score (nSPS) is 24.8. The summed E-state index contributed by atoms with van der Waals surface area (Å²) in [6.45, 7) is 3.06. The van der Waals surface area contributed by atoms with Gasteiger partial charge in [0.05, 0.1) is 17.6 Å². The molecule has 0 radical (unpaired) electrons. The van der Waals surface area contributed by atoms with Crippen LogP contribution in [0, 0.1) is 5.92 Å². The Morgan fingerprint density at radius 3 is 3.10 bits per heavy atom. The Morgan fingerprint density at radius 1 is 1.35 bits per heavy atom. The summed E-state index contributed by atoms with van der Waals surface area (Å²) >= 11 is 0. The van der Waals surface area contributed by atoms with Gasteiger partial charge in [0, 0.05) is 18.5 Å². The van der Waals surface area contributed by atoms with Crippen molar-refractivity contribution in [2.45, 2.75) is 18.9 Å². The first-order chi connectivity index (χ1) is 9.81. The number of hydrogen-bond acceptors (Lipinski definition) is 4. The van der Waals surface area contributed by atoms with Gasteiger partial charge in [-0.15, -0.1) is 0 Å². The number of rotatable bonds is 5. The summed E-state index contributed by atoms with van der Waals surface area (Å²) in [4.78, 5) is 14.1. The molecule has 20 heavy (non-hydrogen) atoms. The Balaban J connectivity index is 1.46. The number of benzene rings is 1. The van der Waals surface area contributed by atoms with Crippen LogP contribution in [0.2, 0.25) is 0 Å². The van der Waals surface area contributed by atoms with Crippen LogP contribution in [0.3, 0.4) is 0 Å². The van der Waals surface area contributed by atoms with Gasteiger partial charge in [0.25, 0.3) is 5.56 Å². The van der Waals surface area contributed by atoms with Gasteiger partial charge in [-0.3, -0.25) is 9.69 Å². The Bertz CT molecular complexity index is 693. The van der Waals surface area contributed by atoms with E-state index in [0.717, 1.165) is 23.6 Å². The molecule has 1 aromatic heterocycles. The lowest BCUT2D eigenvalue weighted by Gasteiger charge is -2.08. The monoisotopic (exact) mass is 271 g/mol. The van der Waals surface area contributed by atoms with E-state index in [2.05, 4.69) is 15.1 Å². The molecule has 0 spiro atoms. The summed E-state index contributed by atoms with van der Waals surface area (Å²) in [6.07, 6.45) is 4.44. The second kappa shape index (κ2) is 4.59. The van der Waals surface area contributed by atoms with Gasteiger partial charge in [0.15, 0.2) is 0 Å². The van der Waals surface area contributed by atoms with Crippen molar-refractivity contribution in [1.82, 2.24) is 15.1 Å². The first-order valence-corrected chi connectivity index (χ1v) is 7.14. The van der Waals surface area contributed by atoms with Crippen LogP contribution in [0.25, 0.3) is 10.8 Å². The van der Waals surface area contributed by atoms with Crippen LogP contribution in [-0.2, 0) is 0 Å². The molecule has 1 aromatic carbocycles. The van der Waals surface area contributed by atoms with Crippen molar-refractivity contribution in [3.8, 4) is 5.75 Å². The third kappa shape index (κ3) is 2.29. The molecule has 1 N–H and O–H groups in total. The molecule has 5 nitrogen and oxygen atoms in total. The van der Waals surface area contributed by atoms with Gasteiger partial charge in [-0.25, -0.2) is 5.10 Å². The SMILES string of the molecule is O=c1[nH]ncc2c(OCC3CN3CC3CC3)cccc12. The summed E-state index contributed by atoms with van der Waals surface area (Å²) < 4.78 is 5.90. The van der Waals surface area contributed by atoms with Crippen LogP contribution in [0.4, 0.5) is 0 Å². The van der Waals surface area contributed by atoms with E-state index in [1.54, 1.807) is 12.3 Å². The van der Waals surface area contributed by atoms with E-state index in [1.165, 1.54) is 19.4 Å². The van der Waals surface area contributed by atoms with Crippen LogP contribution < -0.4 is 10.3 Å². The van der Waals surface area contributed by atoms with Crippen LogP contribution in [0.15, 0.2) is 29.2 Å². The molecule has 2 heterocycles. The summed E-state index contributed by atoms with van der Waals surface area (Å²) in [6, 6.07) is 6.08. The second-order valence-electron chi connectivity index (χ2n) is 5.78. The molecule has 2 atom stereocenters. The molecule has 0 bridgehead atoms. The second-order valence-corrected chi connectivity index (χ2v) is 5.78. The molecule has 4 rings (SSSR count). The standard InChI is InChI=1S/C15H17N3O2/c19-15-12-2-1-3-14(13(12)6-16-17-15)20-9-11-8-18(11)7-10-4-5-10/h1-3,6,10-11H,4-5,7-9H2,(H,17,19). The molecule has 1 aliphatic heterocycles. The largest absolute Gasteiger partial charge is 0.491 e. The molecule has 5 heteroatoms. The Hall–Kier alpha value is -1.88. The lowest BCUT2D eigenvalue weighted by atomic mass is 10.2. The van der Waals surface area contributed by atoms with Crippen LogP contribution >= 0.6 is 0 Å². The van der Waals surface area contributed by atoms with E-state index in [4.69, 9.17) is 4.74 Å². The number of nitrogens with zero attached hydrogens (tertiary/aromatic N) is 2. The Morgan fingerprint density at radius 2 is 2.25 bits per heavy atom. The maximum atomic E-state index is 11.7. The van der Waals surface area contributed by atoms with Crippen LogP contribution in [0.5, 0.6) is 5.75 Å². The zero-order valence-corrected chi connectivity index (χ0v) is 11.2. The summed E-state index contributed by atoms with van der Waals surface area (Å²) in [5, 5.41) is 7.71. The average Bonchev–Trinajstić information content (AvgIpc) is 3.36. The highest BCUT2D eigenvalue weighted by Gasteiger charge is 2.38. The number of ether oxygens (including phenoxy) is 1. The van der Waals surface area contributed by atoms with Crippen molar-refractivity contribution >= 4 is 10.8 Å². The highest BCUT2D eigenvalue weighted by molar-refractivity contribution is 5.86. The van der Waals surface area contributed by atoms with Crippen molar-refractivity contribution in [2.24, 2.45) is 5.92 Å². The molecule has 1 aliphatic carbocycles. The van der Waals surface area contributed by atoms with E-state index in [0.29, 0.717) is 18.0 Å². The topological polar surface area (TPSA) is 58.0 Å². The van der Waals surface area contributed by atoms with Crippen molar-refractivity contribution in [2.75, 3.05) is 19.7 Å². The molecule has 104 valence electrons. The van der Waals surface area contributed by atoms with Crippen molar-refractivity contribution in [3.63, 3.8) is 0 Å². The maximum absolute atomic E-state index is 11.7. The molecular formula is C15H17N3O2. The van der Waals surface area contributed by atoms with Gasteiger partial charge in [0.1, 0.15) is 12.4 Å². The summed E-state index contributed by atoms with van der Waals surface area (Å²) in [5.74, 6) is 1.68. The van der Waals surface area contributed by atoms with Gasteiger partial charge in [0.2, 0.25) is 0 Å². The summed E-state index contributed by atoms with van der Waals surface area (Å²) in [7, 11) is 0. The van der Waals surface area contributed by atoms with Gasteiger partial charge in [-0.1, -0.05) is 6.07 Å². The van der Waals surface area contributed by atoms with Crippen molar-refractivity contribution in [3.05, 3.63) is 34.7 Å². The Kier molecular flexibility index (Phi) is 2.73. The molecule has 2 unspecified atom stereocenters. The minimum atomic E-state index is -0.172. The highest BCUT2D eigenvalue weighted by Crippen LogP contribution is 2.34. The molecule has 0 amide bonds. The number of hydrogen-bond donors (Lipinski definition) is 1. The quantitative estimate of drug-likeness (QED) is 0.835. The van der Waals surface area contributed by atoms with Gasteiger partial charge in [-0.2, -0.15) is 5.10 Å². The fraction of sp³-hybridized carbons (Fsp3) is 0.467. The first kappa shape index (κ1) is 11.9. The third-order valence-electron chi connectivity index (χ3n) is 4.12. The lowest BCUT2D eigenvalue weighted by Crippen LogP contribution is -2.13. The predicted octanol–water partition coefficient (Wildman–Crippen LogP) is 1.40. The minimum absolute atomic E-state index is 0.172. The van der Waals surface area contributed by atoms with Crippen LogP contribution in [0.1, 0.15) is 12.8 Å². The number of H-pyrrole nitrogens is 1. The van der Waals surface area contributed by atoms with Gasteiger partial charge < -0.3 is 4.74 Å². The zero-order valence-electron chi connectivity index (χ0n) is 11.2. The van der Waals surface area contributed by atoms with E-state index < -0.39 is 0 Å². The maximum Gasteiger partial charge on any atom is 0.272 e. The van der Waals surface area contributed by atoms with E-state index in [1.807, 2.05) is 12.1 Å². The molecule has 1 saturated heterocycles. The van der Waals surface area contributed by atoms with Crippen molar-refractivity contribution < 1.29 is 4.74 Å². The van der Waals surface area contributed by atoms with Gasteiger partial charge >= 0.3 is 0 Å². The first-order valence-electron chi connectivity index (χ1n) is 7.14. The molecular weight excluding hydrogens is 254 g/mol.